The first-order valence-electron chi connectivity index (χ1n) is 7.27. The summed E-state index contributed by atoms with van der Waals surface area (Å²) in [6.45, 7) is 0. The fraction of sp³-hybridized carbons (Fsp3) is 0.100. The van der Waals surface area contributed by atoms with Gasteiger partial charge in [-0.2, -0.15) is 0 Å². The largest absolute Gasteiger partial charge is 0.207 e. The smallest absolute Gasteiger partial charge is 0.126 e. The van der Waals surface area contributed by atoms with Gasteiger partial charge in [-0.25, -0.2) is 8.78 Å². The lowest BCUT2D eigenvalue weighted by Gasteiger charge is -2.11. The lowest BCUT2D eigenvalue weighted by Crippen LogP contribution is -2.00. The first-order chi connectivity index (χ1) is 10.7. The second-order valence-electron chi connectivity index (χ2n) is 5.31. The summed E-state index contributed by atoms with van der Waals surface area (Å²) in [4.78, 5) is 0. The van der Waals surface area contributed by atoms with E-state index in [9.17, 15) is 8.78 Å². The molecule has 2 heteroatoms. The maximum Gasteiger partial charge on any atom is 0.126 e. The van der Waals surface area contributed by atoms with Crippen molar-refractivity contribution in [3.05, 3.63) is 107 Å². The molecule has 0 saturated heterocycles. The molecule has 110 valence electrons. The van der Waals surface area contributed by atoms with Gasteiger partial charge in [0.1, 0.15) is 11.6 Å². The molecule has 3 aromatic carbocycles. The summed E-state index contributed by atoms with van der Waals surface area (Å²) in [6.07, 6.45) is 1.02. The Morgan fingerprint density at radius 3 is 1.14 bits per heavy atom. The summed E-state index contributed by atoms with van der Waals surface area (Å²) in [5.41, 5.74) is 3.36. The van der Waals surface area contributed by atoms with Gasteiger partial charge in [0.25, 0.3) is 0 Å². The number of hydrogen-bond donors (Lipinski definition) is 0. The highest BCUT2D eigenvalue weighted by Crippen LogP contribution is 2.20. The highest BCUT2D eigenvalue weighted by atomic mass is 19.1. The van der Waals surface area contributed by atoms with Crippen LogP contribution in [0, 0.1) is 11.6 Å². The highest BCUT2D eigenvalue weighted by Gasteiger charge is 2.09. The van der Waals surface area contributed by atoms with Gasteiger partial charge in [-0.05, 0) is 34.4 Å². The molecule has 0 fully saturated rings. The van der Waals surface area contributed by atoms with Gasteiger partial charge in [-0.1, -0.05) is 60.7 Å². The van der Waals surface area contributed by atoms with Crippen molar-refractivity contribution in [2.24, 2.45) is 0 Å². The Balaban J connectivity index is 1.91. The topological polar surface area (TPSA) is 0 Å². The quantitative estimate of drug-likeness (QED) is 0.624. The zero-order valence-electron chi connectivity index (χ0n) is 12.1. The molecule has 0 saturated carbocycles. The van der Waals surface area contributed by atoms with Crippen LogP contribution in [0.15, 0.2) is 72.8 Å². The predicted octanol–water partition coefficient (Wildman–Crippen LogP) is 5.15. The van der Waals surface area contributed by atoms with E-state index in [1.807, 2.05) is 36.4 Å². The van der Waals surface area contributed by atoms with Gasteiger partial charge in [0.15, 0.2) is 0 Å². The second kappa shape index (κ2) is 6.52. The number of halogens is 2. The Morgan fingerprint density at radius 1 is 0.455 bits per heavy atom. The van der Waals surface area contributed by atoms with E-state index in [1.54, 1.807) is 24.3 Å². The molecular weight excluding hydrogens is 278 g/mol. The summed E-state index contributed by atoms with van der Waals surface area (Å²) in [5, 5.41) is 0. The molecule has 3 aromatic rings. The van der Waals surface area contributed by atoms with Gasteiger partial charge in [0, 0.05) is 12.8 Å². The van der Waals surface area contributed by atoms with Crippen LogP contribution in [0.25, 0.3) is 0 Å². The van der Waals surface area contributed by atoms with Gasteiger partial charge in [-0.3, -0.25) is 0 Å². The fourth-order valence-corrected chi connectivity index (χ4v) is 2.60. The number of benzene rings is 3. The Bertz CT molecular complexity index is 711. The van der Waals surface area contributed by atoms with Crippen LogP contribution in [0.3, 0.4) is 0 Å². The maximum absolute atomic E-state index is 13.8. The third kappa shape index (κ3) is 3.22. The number of rotatable bonds is 4. The Kier molecular flexibility index (Phi) is 4.29. The van der Waals surface area contributed by atoms with Crippen LogP contribution in [-0.4, -0.2) is 0 Å². The molecule has 0 aliphatic heterocycles. The van der Waals surface area contributed by atoms with Crippen molar-refractivity contribution >= 4 is 0 Å². The molecule has 0 aromatic heterocycles. The van der Waals surface area contributed by atoms with Crippen LogP contribution >= 0.6 is 0 Å². The minimum Gasteiger partial charge on any atom is -0.207 e. The van der Waals surface area contributed by atoms with Crippen LogP contribution in [-0.2, 0) is 12.8 Å². The third-order valence-corrected chi connectivity index (χ3v) is 3.80. The summed E-state index contributed by atoms with van der Waals surface area (Å²) in [7, 11) is 0. The molecule has 0 heterocycles. The molecule has 0 aliphatic carbocycles. The van der Waals surface area contributed by atoms with Gasteiger partial charge in [0.2, 0.25) is 0 Å². The van der Waals surface area contributed by atoms with E-state index in [-0.39, 0.29) is 11.6 Å². The van der Waals surface area contributed by atoms with E-state index in [0.717, 1.165) is 11.1 Å². The van der Waals surface area contributed by atoms with Crippen molar-refractivity contribution in [2.75, 3.05) is 0 Å². The van der Waals surface area contributed by atoms with Crippen LogP contribution in [0.4, 0.5) is 8.78 Å². The molecule has 0 nitrogen and oxygen atoms in total. The van der Waals surface area contributed by atoms with E-state index in [4.69, 9.17) is 0 Å². The molecule has 0 N–H and O–H groups in total. The van der Waals surface area contributed by atoms with Crippen molar-refractivity contribution in [3.63, 3.8) is 0 Å². The standard InChI is InChI=1S/C20H16F2/c21-19-11-5-3-9-17(19)13-15-7-1-2-8-16(15)14-18-10-4-6-12-20(18)22/h1-12H,13-14H2. The normalized spacial score (nSPS) is 10.6. The summed E-state index contributed by atoms with van der Waals surface area (Å²) in [6, 6.07) is 21.4. The van der Waals surface area contributed by atoms with Crippen LogP contribution in [0.2, 0.25) is 0 Å². The minimum atomic E-state index is -0.205. The summed E-state index contributed by atoms with van der Waals surface area (Å²) in [5.74, 6) is -0.411. The fourth-order valence-electron chi connectivity index (χ4n) is 2.60. The second-order valence-corrected chi connectivity index (χ2v) is 5.31. The van der Waals surface area contributed by atoms with Gasteiger partial charge < -0.3 is 0 Å². The van der Waals surface area contributed by atoms with Crippen LogP contribution < -0.4 is 0 Å². The highest BCUT2D eigenvalue weighted by molar-refractivity contribution is 5.37. The molecule has 0 amide bonds. The van der Waals surface area contributed by atoms with E-state index < -0.39 is 0 Å². The van der Waals surface area contributed by atoms with E-state index >= 15 is 0 Å². The first kappa shape index (κ1) is 14.5. The molecule has 0 unspecified atom stereocenters. The SMILES string of the molecule is Fc1ccccc1Cc1ccccc1Cc1ccccc1F. The zero-order chi connectivity index (χ0) is 15.4. The number of hydrogen-bond acceptors (Lipinski definition) is 0. The lowest BCUT2D eigenvalue weighted by atomic mass is 9.95. The van der Waals surface area contributed by atoms with Crippen molar-refractivity contribution in [3.8, 4) is 0 Å². The summed E-state index contributed by atoms with van der Waals surface area (Å²) >= 11 is 0. The van der Waals surface area contributed by atoms with Crippen molar-refractivity contribution < 1.29 is 8.78 Å². The molecule has 0 spiro atoms. The molecule has 0 radical (unpaired) electrons. The van der Waals surface area contributed by atoms with Crippen molar-refractivity contribution in [1.29, 1.82) is 0 Å². The van der Waals surface area contributed by atoms with Crippen molar-refractivity contribution in [2.45, 2.75) is 12.8 Å². The first-order valence-corrected chi connectivity index (χ1v) is 7.27. The molecule has 0 aliphatic rings. The van der Waals surface area contributed by atoms with Gasteiger partial charge in [-0.15, -0.1) is 0 Å². The van der Waals surface area contributed by atoms with E-state index in [2.05, 4.69) is 0 Å². The predicted molar refractivity (Wildman–Crippen MR) is 84.9 cm³/mol. The average molecular weight is 294 g/mol. The van der Waals surface area contributed by atoms with E-state index in [1.165, 1.54) is 12.1 Å². The Hall–Kier alpha value is -2.48. The average Bonchev–Trinajstić information content (AvgIpc) is 2.53. The zero-order valence-corrected chi connectivity index (χ0v) is 12.1. The monoisotopic (exact) mass is 294 g/mol. The molecule has 0 bridgehead atoms. The minimum absolute atomic E-state index is 0.205. The molecule has 3 rings (SSSR count). The van der Waals surface area contributed by atoms with E-state index in [0.29, 0.717) is 24.0 Å². The lowest BCUT2D eigenvalue weighted by molar-refractivity contribution is 0.611. The van der Waals surface area contributed by atoms with Crippen LogP contribution in [0.1, 0.15) is 22.3 Å². The van der Waals surface area contributed by atoms with Gasteiger partial charge >= 0.3 is 0 Å². The Morgan fingerprint density at radius 2 is 0.773 bits per heavy atom. The molecular formula is C20H16F2. The molecule has 0 atom stereocenters. The third-order valence-electron chi connectivity index (χ3n) is 3.80. The van der Waals surface area contributed by atoms with Gasteiger partial charge in [0.05, 0.1) is 0 Å². The molecule has 22 heavy (non-hydrogen) atoms. The maximum atomic E-state index is 13.8. The summed E-state index contributed by atoms with van der Waals surface area (Å²) < 4.78 is 27.7. The van der Waals surface area contributed by atoms with Crippen LogP contribution in [0.5, 0.6) is 0 Å². The van der Waals surface area contributed by atoms with Crippen molar-refractivity contribution in [1.82, 2.24) is 0 Å². The Labute approximate surface area is 129 Å².